The standard InChI is InChI=1S/C7H9NO3/c8-4-2-6-11-7(10)3-1-5-9/h5H,1-3,6H2. The molecule has 0 aliphatic rings. The van der Waals surface area contributed by atoms with Gasteiger partial charge in [0.1, 0.15) is 12.9 Å². The van der Waals surface area contributed by atoms with Crippen molar-refractivity contribution < 1.29 is 14.3 Å². The van der Waals surface area contributed by atoms with E-state index in [0.29, 0.717) is 6.29 Å². The van der Waals surface area contributed by atoms with Crippen molar-refractivity contribution in [3.8, 4) is 6.07 Å². The third-order valence-corrected chi connectivity index (χ3v) is 0.943. The van der Waals surface area contributed by atoms with Crippen LogP contribution in [0.1, 0.15) is 19.3 Å². The normalized spacial score (nSPS) is 8.27. The van der Waals surface area contributed by atoms with Gasteiger partial charge in [-0.15, -0.1) is 0 Å². The lowest BCUT2D eigenvalue weighted by atomic mass is 10.3. The predicted molar refractivity (Wildman–Crippen MR) is 36.5 cm³/mol. The Morgan fingerprint density at radius 2 is 2.36 bits per heavy atom. The molecule has 0 radical (unpaired) electrons. The summed E-state index contributed by atoms with van der Waals surface area (Å²) in [7, 11) is 0. The van der Waals surface area contributed by atoms with Crippen LogP contribution >= 0.6 is 0 Å². The zero-order valence-corrected chi connectivity index (χ0v) is 6.08. The van der Waals surface area contributed by atoms with Crippen molar-refractivity contribution in [2.24, 2.45) is 0 Å². The van der Waals surface area contributed by atoms with E-state index in [-0.39, 0.29) is 25.9 Å². The average Bonchev–Trinajstić information content (AvgIpc) is 2.01. The second-order valence-electron chi connectivity index (χ2n) is 1.83. The molecular formula is C7H9NO3. The monoisotopic (exact) mass is 155 g/mol. The first-order valence-corrected chi connectivity index (χ1v) is 3.27. The van der Waals surface area contributed by atoms with E-state index in [2.05, 4.69) is 4.74 Å². The Balaban J connectivity index is 3.24. The van der Waals surface area contributed by atoms with Crippen LogP contribution in [-0.2, 0) is 14.3 Å². The van der Waals surface area contributed by atoms with Crippen molar-refractivity contribution >= 4 is 12.3 Å². The van der Waals surface area contributed by atoms with Crippen LogP contribution < -0.4 is 0 Å². The van der Waals surface area contributed by atoms with Gasteiger partial charge in [-0.2, -0.15) is 5.26 Å². The number of hydrogen-bond donors (Lipinski definition) is 0. The topological polar surface area (TPSA) is 67.2 Å². The number of aldehydes is 1. The van der Waals surface area contributed by atoms with Crippen molar-refractivity contribution in [1.82, 2.24) is 0 Å². The Morgan fingerprint density at radius 1 is 1.64 bits per heavy atom. The maximum absolute atomic E-state index is 10.6. The molecule has 60 valence electrons. The maximum Gasteiger partial charge on any atom is 0.306 e. The zero-order chi connectivity index (χ0) is 8.53. The first-order chi connectivity index (χ1) is 5.31. The average molecular weight is 155 g/mol. The molecule has 0 unspecified atom stereocenters. The van der Waals surface area contributed by atoms with Crippen LogP contribution in [0.5, 0.6) is 0 Å². The summed E-state index contributed by atoms with van der Waals surface area (Å²) >= 11 is 0. The molecular weight excluding hydrogens is 146 g/mol. The van der Waals surface area contributed by atoms with Gasteiger partial charge in [0, 0.05) is 6.42 Å². The lowest BCUT2D eigenvalue weighted by Crippen LogP contribution is -2.05. The van der Waals surface area contributed by atoms with Gasteiger partial charge in [-0.3, -0.25) is 4.79 Å². The van der Waals surface area contributed by atoms with Gasteiger partial charge < -0.3 is 9.53 Å². The van der Waals surface area contributed by atoms with E-state index in [1.807, 2.05) is 6.07 Å². The number of hydrogen-bond acceptors (Lipinski definition) is 4. The van der Waals surface area contributed by atoms with Crippen LogP contribution in [0.25, 0.3) is 0 Å². The first-order valence-electron chi connectivity index (χ1n) is 3.27. The van der Waals surface area contributed by atoms with E-state index in [0.717, 1.165) is 0 Å². The van der Waals surface area contributed by atoms with Gasteiger partial charge in [0.05, 0.1) is 18.9 Å². The highest BCUT2D eigenvalue weighted by Crippen LogP contribution is 1.90. The summed E-state index contributed by atoms with van der Waals surface area (Å²) in [4.78, 5) is 20.4. The molecule has 4 heteroatoms. The first kappa shape index (κ1) is 9.63. The molecule has 11 heavy (non-hydrogen) atoms. The van der Waals surface area contributed by atoms with Gasteiger partial charge in [0.15, 0.2) is 0 Å². The molecule has 0 atom stereocenters. The fourth-order valence-corrected chi connectivity index (χ4v) is 0.459. The lowest BCUT2D eigenvalue weighted by Gasteiger charge is -1.98. The van der Waals surface area contributed by atoms with Crippen molar-refractivity contribution in [3.63, 3.8) is 0 Å². The smallest absolute Gasteiger partial charge is 0.306 e. The second kappa shape index (κ2) is 6.75. The fraction of sp³-hybridized carbons (Fsp3) is 0.571. The molecule has 0 aromatic carbocycles. The summed E-state index contributed by atoms with van der Waals surface area (Å²) in [5, 5.41) is 8.06. The van der Waals surface area contributed by atoms with Crippen molar-refractivity contribution in [3.05, 3.63) is 0 Å². The van der Waals surface area contributed by atoms with Gasteiger partial charge in [0.2, 0.25) is 0 Å². The lowest BCUT2D eigenvalue weighted by molar-refractivity contribution is -0.144. The molecule has 0 aliphatic heterocycles. The Labute approximate surface area is 64.8 Å². The van der Waals surface area contributed by atoms with Gasteiger partial charge in [0.25, 0.3) is 0 Å². The zero-order valence-electron chi connectivity index (χ0n) is 6.08. The minimum Gasteiger partial charge on any atom is -0.465 e. The third-order valence-electron chi connectivity index (χ3n) is 0.943. The van der Waals surface area contributed by atoms with Gasteiger partial charge in [-0.05, 0) is 0 Å². The highest BCUT2D eigenvalue weighted by molar-refractivity contribution is 5.72. The van der Waals surface area contributed by atoms with Gasteiger partial charge in [-0.1, -0.05) is 0 Å². The summed E-state index contributed by atoms with van der Waals surface area (Å²) in [6.45, 7) is 0.119. The van der Waals surface area contributed by atoms with Crippen LogP contribution in [0.2, 0.25) is 0 Å². The van der Waals surface area contributed by atoms with Crippen LogP contribution in [0.4, 0.5) is 0 Å². The van der Waals surface area contributed by atoms with Crippen LogP contribution in [-0.4, -0.2) is 18.9 Å². The summed E-state index contributed by atoms with van der Waals surface area (Å²) in [5.74, 6) is -0.424. The van der Waals surface area contributed by atoms with E-state index in [1.54, 1.807) is 0 Å². The van der Waals surface area contributed by atoms with Crippen LogP contribution in [0, 0.1) is 11.3 Å². The summed E-state index contributed by atoms with van der Waals surface area (Å²) in [6.07, 6.45) is 1.15. The van der Waals surface area contributed by atoms with Crippen molar-refractivity contribution in [2.75, 3.05) is 6.61 Å². The molecule has 0 N–H and O–H groups in total. The molecule has 0 bridgehead atoms. The largest absolute Gasteiger partial charge is 0.465 e. The minimum atomic E-state index is -0.424. The van der Waals surface area contributed by atoms with Gasteiger partial charge in [-0.25, -0.2) is 0 Å². The molecule has 0 heterocycles. The maximum atomic E-state index is 10.6. The second-order valence-corrected chi connectivity index (χ2v) is 1.83. The SMILES string of the molecule is N#CCCOC(=O)CCC=O. The number of ether oxygens (including phenoxy) is 1. The molecule has 0 spiro atoms. The van der Waals surface area contributed by atoms with E-state index in [4.69, 9.17) is 5.26 Å². The Morgan fingerprint density at radius 3 is 2.91 bits per heavy atom. The molecule has 0 aromatic rings. The van der Waals surface area contributed by atoms with E-state index >= 15 is 0 Å². The molecule has 0 saturated carbocycles. The summed E-state index contributed by atoms with van der Waals surface area (Å²) in [5.41, 5.74) is 0. The quantitative estimate of drug-likeness (QED) is 0.328. The van der Waals surface area contributed by atoms with E-state index in [1.165, 1.54) is 0 Å². The molecule has 0 rings (SSSR count). The Kier molecular flexibility index (Phi) is 5.91. The molecule has 0 saturated heterocycles. The number of rotatable bonds is 5. The predicted octanol–water partition coefficient (Wildman–Crippen LogP) is 0.422. The number of carbonyl (C=O) groups is 2. The Hall–Kier alpha value is -1.37. The molecule has 0 fully saturated rings. The van der Waals surface area contributed by atoms with Gasteiger partial charge >= 0.3 is 5.97 Å². The summed E-state index contributed by atoms with van der Waals surface area (Å²) in [6, 6.07) is 1.83. The number of nitrogens with zero attached hydrogens (tertiary/aromatic N) is 1. The van der Waals surface area contributed by atoms with E-state index in [9.17, 15) is 9.59 Å². The molecule has 0 amide bonds. The molecule has 0 aliphatic carbocycles. The molecule has 4 nitrogen and oxygen atoms in total. The van der Waals surface area contributed by atoms with Crippen molar-refractivity contribution in [1.29, 1.82) is 5.26 Å². The number of nitriles is 1. The van der Waals surface area contributed by atoms with Crippen LogP contribution in [0.15, 0.2) is 0 Å². The summed E-state index contributed by atoms with van der Waals surface area (Å²) < 4.78 is 4.56. The fourth-order valence-electron chi connectivity index (χ4n) is 0.459. The number of esters is 1. The van der Waals surface area contributed by atoms with Crippen molar-refractivity contribution in [2.45, 2.75) is 19.3 Å². The Bertz CT molecular complexity index is 171. The third kappa shape index (κ3) is 6.52. The minimum absolute atomic E-state index is 0.106. The number of carbonyl (C=O) groups excluding carboxylic acids is 2. The molecule has 0 aromatic heterocycles. The highest BCUT2D eigenvalue weighted by Gasteiger charge is 1.99. The van der Waals surface area contributed by atoms with E-state index < -0.39 is 5.97 Å². The van der Waals surface area contributed by atoms with Crippen LogP contribution in [0.3, 0.4) is 0 Å². The highest BCUT2D eigenvalue weighted by atomic mass is 16.5.